The minimum Gasteiger partial charge on any atom is -0.384 e. The van der Waals surface area contributed by atoms with Crippen molar-refractivity contribution in [2.75, 3.05) is 18.4 Å². The molecular weight excluding hydrogens is 260 g/mol. The molecule has 0 amide bonds. The molecule has 106 valence electrons. The van der Waals surface area contributed by atoms with Gasteiger partial charge in [0.2, 0.25) is 10.0 Å². The molecule has 0 atom stereocenters. The minimum absolute atomic E-state index is 0.338. The highest BCUT2D eigenvalue weighted by atomic mass is 32.2. The normalized spacial score (nSPS) is 16.1. The maximum atomic E-state index is 12.3. The van der Waals surface area contributed by atoms with E-state index in [0.29, 0.717) is 29.6 Å². The first kappa shape index (κ1) is 14.3. The molecule has 4 nitrogen and oxygen atoms in total. The minimum atomic E-state index is -3.41. The van der Waals surface area contributed by atoms with E-state index < -0.39 is 10.0 Å². The van der Waals surface area contributed by atoms with E-state index in [1.807, 2.05) is 13.0 Å². The van der Waals surface area contributed by atoms with Crippen LogP contribution in [-0.2, 0) is 10.0 Å². The second kappa shape index (κ2) is 6.39. The fourth-order valence-corrected chi connectivity index (χ4v) is 3.52. The second-order valence-corrected chi connectivity index (χ2v) is 6.75. The van der Waals surface area contributed by atoms with Gasteiger partial charge in [0.15, 0.2) is 0 Å². The lowest BCUT2D eigenvalue weighted by Crippen LogP contribution is -2.28. The molecule has 1 aromatic rings. The largest absolute Gasteiger partial charge is 0.384 e. The SMILES string of the molecule is CCNc1ccccc1S(=O)(=O)NCCC1CCC1. The van der Waals surface area contributed by atoms with E-state index in [1.54, 1.807) is 18.2 Å². The van der Waals surface area contributed by atoms with Crippen LogP contribution in [0.2, 0.25) is 0 Å². The summed E-state index contributed by atoms with van der Waals surface area (Å²) >= 11 is 0. The van der Waals surface area contributed by atoms with Crippen molar-refractivity contribution in [2.24, 2.45) is 5.92 Å². The summed E-state index contributed by atoms with van der Waals surface area (Å²) in [5, 5.41) is 3.08. The molecule has 0 unspecified atom stereocenters. The Kier molecular flexibility index (Phi) is 4.82. The van der Waals surface area contributed by atoms with Crippen LogP contribution in [-0.4, -0.2) is 21.5 Å². The van der Waals surface area contributed by atoms with Gasteiger partial charge in [-0.25, -0.2) is 13.1 Å². The third-order valence-electron chi connectivity index (χ3n) is 3.61. The Morgan fingerprint density at radius 3 is 2.63 bits per heavy atom. The van der Waals surface area contributed by atoms with Crippen molar-refractivity contribution in [3.63, 3.8) is 0 Å². The first-order valence-electron chi connectivity index (χ1n) is 6.96. The second-order valence-electron chi connectivity index (χ2n) is 5.01. The van der Waals surface area contributed by atoms with Gasteiger partial charge in [0.1, 0.15) is 4.90 Å². The molecule has 0 saturated heterocycles. The summed E-state index contributed by atoms with van der Waals surface area (Å²) in [5.41, 5.74) is 0.668. The van der Waals surface area contributed by atoms with E-state index in [-0.39, 0.29) is 0 Å². The number of benzene rings is 1. The van der Waals surface area contributed by atoms with Crippen LogP contribution in [0.3, 0.4) is 0 Å². The molecule has 1 saturated carbocycles. The standard InChI is InChI=1S/C14H22N2O2S/c1-2-15-13-8-3-4-9-14(13)19(17,18)16-11-10-12-6-5-7-12/h3-4,8-9,12,15-16H,2,5-7,10-11H2,1H3. The summed E-state index contributed by atoms with van der Waals surface area (Å²) in [6.45, 7) is 3.19. The Hall–Kier alpha value is -1.07. The molecule has 0 radical (unpaired) electrons. The zero-order chi connectivity index (χ0) is 13.7. The van der Waals surface area contributed by atoms with E-state index in [4.69, 9.17) is 0 Å². The van der Waals surface area contributed by atoms with Crippen LogP contribution in [0.1, 0.15) is 32.6 Å². The van der Waals surface area contributed by atoms with Crippen molar-refractivity contribution in [1.82, 2.24) is 4.72 Å². The smallest absolute Gasteiger partial charge is 0.242 e. The molecule has 0 spiro atoms. The van der Waals surface area contributed by atoms with Crippen molar-refractivity contribution in [2.45, 2.75) is 37.5 Å². The van der Waals surface area contributed by atoms with Crippen molar-refractivity contribution in [1.29, 1.82) is 0 Å². The van der Waals surface area contributed by atoms with E-state index in [0.717, 1.165) is 6.42 Å². The highest BCUT2D eigenvalue weighted by Crippen LogP contribution is 2.29. The quantitative estimate of drug-likeness (QED) is 0.808. The molecule has 19 heavy (non-hydrogen) atoms. The van der Waals surface area contributed by atoms with Crippen LogP contribution in [0.4, 0.5) is 5.69 Å². The van der Waals surface area contributed by atoms with Gasteiger partial charge in [-0.1, -0.05) is 31.4 Å². The lowest BCUT2D eigenvalue weighted by atomic mass is 9.83. The van der Waals surface area contributed by atoms with Gasteiger partial charge in [-0.15, -0.1) is 0 Å². The maximum Gasteiger partial charge on any atom is 0.242 e. The summed E-state index contributed by atoms with van der Waals surface area (Å²) in [4.78, 5) is 0.338. The average molecular weight is 282 g/mol. The van der Waals surface area contributed by atoms with Crippen molar-refractivity contribution in [3.8, 4) is 0 Å². The third-order valence-corrected chi connectivity index (χ3v) is 5.13. The number of hydrogen-bond donors (Lipinski definition) is 2. The summed E-state index contributed by atoms with van der Waals surface area (Å²) < 4.78 is 27.2. The first-order chi connectivity index (χ1) is 9.13. The van der Waals surface area contributed by atoms with Gasteiger partial charge in [-0.2, -0.15) is 0 Å². The fraction of sp³-hybridized carbons (Fsp3) is 0.571. The monoisotopic (exact) mass is 282 g/mol. The lowest BCUT2D eigenvalue weighted by Gasteiger charge is -2.25. The molecule has 0 bridgehead atoms. The van der Waals surface area contributed by atoms with Crippen molar-refractivity contribution >= 4 is 15.7 Å². The van der Waals surface area contributed by atoms with Gasteiger partial charge in [0, 0.05) is 13.1 Å². The van der Waals surface area contributed by atoms with Crippen LogP contribution in [0.5, 0.6) is 0 Å². The molecule has 2 rings (SSSR count). The van der Waals surface area contributed by atoms with Gasteiger partial charge < -0.3 is 5.32 Å². The molecule has 1 aliphatic rings. The molecule has 1 fully saturated rings. The summed E-state index contributed by atoms with van der Waals surface area (Å²) in [7, 11) is -3.41. The number of rotatable bonds is 7. The fourth-order valence-electron chi connectivity index (χ4n) is 2.29. The molecule has 2 N–H and O–H groups in total. The number of hydrogen-bond acceptors (Lipinski definition) is 3. The highest BCUT2D eigenvalue weighted by molar-refractivity contribution is 7.89. The van der Waals surface area contributed by atoms with Crippen LogP contribution >= 0.6 is 0 Å². The molecule has 5 heteroatoms. The Morgan fingerprint density at radius 2 is 2.00 bits per heavy atom. The van der Waals surface area contributed by atoms with Gasteiger partial charge in [0.05, 0.1) is 5.69 Å². The number of para-hydroxylation sites is 1. The zero-order valence-corrected chi connectivity index (χ0v) is 12.2. The number of nitrogens with one attached hydrogen (secondary N) is 2. The molecule has 1 aliphatic carbocycles. The van der Waals surface area contributed by atoms with Crippen molar-refractivity contribution in [3.05, 3.63) is 24.3 Å². The van der Waals surface area contributed by atoms with Gasteiger partial charge >= 0.3 is 0 Å². The van der Waals surface area contributed by atoms with Gasteiger partial charge in [0.25, 0.3) is 0 Å². The third kappa shape index (κ3) is 3.70. The molecule has 1 aromatic carbocycles. The number of sulfonamides is 1. The topological polar surface area (TPSA) is 58.2 Å². The summed E-state index contributed by atoms with van der Waals surface area (Å²) in [6.07, 6.45) is 4.73. The predicted molar refractivity (Wildman–Crippen MR) is 77.8 cm³/mol. The van der Waals surface area contributed by atoms with Crippen LogP contribution in [0.15, 0.2) is 29.2 Å². The average Bonchev–Trinajstić information content (AvgIpc) is 2.33. The zero-order valence-electron chi connectivity index (χ0n) is 11.4. The Bertz CT molecular complexity index is 510. The maximum absolute atomic E-state index is 12.3. The summed E-state index contributed by atoms with van der Waals surface area (Å²) in [5.74, 6) is 0.715. The molecular formula is C14H22N2O2S. The van der Waals surface area contributed by atoms with E-state index >= 15 is 0 Å². The molecule has 0 aromatic heterocycles. The van der Waals surface area contributed by atoms with Gasteiger partial charge in [-0.3, -0.25) is 0 Å². The highest BCUT2D eigenvalue weighted by Gasteiger charge is 2.20. The Labute approximate surface area is 115 Å². The van der Waals surface area contributed by atoms with Crippen LogP contribution in [0.25, 0.3) is 0 Å². The Morgan fingerprint density at radius 1 is 1.26 bits per heavy atom. The van der Waals surface area contributed by atoms with E-state index in [9.17, 15) is 8.42 Å². The van der Waals surface area contributed by atoms with Crippen LogP contribution in [0, 0.1) is 5.92 Å². The van der Waals surface area contributed by atoms with E-state index in [2.05, 4.69) is 10.0 Å². The Balaban J connectivity index is 2.01. The first-order valence-corrected chi connectivity index (χ1v) is 8.44. The lowest BCUT2D eigenvalue weighted by molar-refractivity contribution is 0.297. The predicted octanol–water partition coefficient (Wildman–Crippen LogP) is 2.59. The molecule has 0 heterocycles. The van der Waals surface area contributed by atoms with Crippen LogP contribution < -0.4 is 10.0 Å². The summed E-state index contributed by atoms with van der Waals surface area (Å²) in [6, 6.07) is 7.03. The van der Waals surface area contributed by atoms with Gasteiger partial charge in [-0.05, 0) is 31.4 Å². The van der Waals surface area contributed by atoms with Crippen molar-refractivity contribution < 1.29 is 8.42 Å². The molecule has 0 aliphatic heterocycles. The number of anilines is 1. The van der Waals surface area contributed by atoms with E-state index in [1.165, 1.54) is 19.3 Å².